The van der Waals surface area contributed by atoms with Gasteiger partial charge in [0.05, 0.1) is 6.54 Å². The van der Waals surface area contributed by atoms with Crippen molar-refractivity contribution in [3.05, 3.63) is 16.5 Å². The zero-order valence-electron chi connectivity index (χ0n) is 11.6. The molecular weight excluding hydrogens is 334 g/mol. The number of rotatable bonds is 7. The Labute approximate surface area is 122 Å². The van der Waals surface area contributed by atoms with Crippen LogP contribution in [0.4, 0.5) is 0 Å². The number of furan rings is 1. The van der Waals surface area contributed by atoms with E-state index in [-0.39, 0.29) is 9.56 Å². The maximum Gasteiger partial charge on any atom is 0.247 e. The van der Waals surface area contributed by atoms with E-state index >= 15 is 0 Å². The molecule has 0 amide bonds. The Hall–Kier alpha value is -0.410. The van der Waals surface area contributed by atoms with E-state index in [0.29, 0.717) is 25.4 Å². The maximum atomic E-state index is 12.4. The van der Waals surface area contributed by atoms with Gasteiger partial charge in [0.25, 0.3) is 0 Å². The van der Waals surface area contributed by atoms with Gasteiger partial charge in [-0.1, -0.05) is 0 Å². The lowest BCUT2D eigenvalue weighted by atomic mass is 10.4. The summed E-state index contributed by atoms with van der Waals surface area (Å²) in [5, 5.41) is 2.92. The molecule has 1 aromatic rings. The van der Waals surface area contributed by atoms with E-state index in [1.807, 2.05) is 19.0 Å². The summed E-state index contributed by atoms with van der Waals surface area (Å²) in [5.41, 5.74) is 0. The van der Waals surface area contributed by atoms with Crippen LogP contribution in [0.25, 0.3) is 0 Å². The second-order valence-electron chi connectivity index (χ2n) is 4.51. The van der Waals surface area contributed by atoms with Crippen molar-refractivity contribution in [2.24, 2.45) is 0 Å². The van der Waals surface area contributed by atoms with Gasteiger partial charge in [0, 0.05) is 26.2 Å². The predicted octanol–water partition coefficient (Wildman–Crippen LogP) is 0.944. The van der Waals surface area contributed by atoms with Gasteiger partial charge in [-0.3, -0.25) is 0 Å². The van der Waals surface area contributed by atoms with Gasteiger partial charge in [-0.2, -0.15) is 4.31 Å². The van der Waals surface area contributed by atoms with Gasteiger partial charge < -0.3 is 14.6 Å². The number of sulfonamides is 1. The number of likely N-dealkylation sites (N-methyl/N-ethyl adjacent to an activating group) is 2. The fourth-order valence-electron chi connectivity index (χ4n) is 1.46. The Bertz CT molecular complexity index is 513. The van der Waals surface area contributed by atoms with E-state index in [0.717, 1.165) is 0 Å². The molecule has 1 aromatic heterocycles. The zero-order chi connectivity index (χ0) is 14.6. The molecule has 0 atom stereocenters. The number of nitrogens with one attached hydrogen (secondary N) is 1. The van der Waals surface area contributed by atoms with E-state index in [1.165, 1.54) is 4.31 Å². The van der Waals surface area contributed by atoms with Crippen LogP contribution in [0.3, 0.4) is 0 Å². The molecule has 0 bridgehead atoms. The summed E-state index contributed by atoms with van der Waals surface area (Å²) in [7, 11) is 3.62. The van der Waals surface area contributed by atoms with Gasteiger partial charge in [0.2, 0.25) is 10.0 Å². The lowest BCUT2D eigenvalue weighted by Crippen LogP contribution is -2.33. The van der Waals surface area contributed by atoms with Crippen molar-refractivity contribution in [1.29, 1.82) is 0 Å². The molecule has 6 nitrogen and oxygen atoms in total. The Balaban J connectivity index is 2.93. The monoisotopic (exact) mass is 353 g/mol. The van der Waals surface area contributed by atoms with Crippen molar-refractivity contribution >= 4 is 26.0 Å². The van der Waals surface area contributed by atoms with Crippen molar-refractivity contribution in [3.8, 4) is 0 Å². The SMILES string of the molecule is CNCc1cc(S(=O)(=O)N(C)CCN(C)C)c(Br)o1. The molecule has 0 saturated carbocycles. The third kappa shape index (κ3) is 4.28. The number of halogens is 1. The van der Waals surface area contributed by atoms with E-state index in [1.54, 1.807) is 20.2 Å². The van der Waals surface area contributed by atoms with Gasteiger partial charge in [-0.25, -0.2) is 8.42 Å². The fraction of sp³-hybridized carbons (Fsp3) is 0.636. The van der Waals surface area contributed by atoms with Crippen LogP contribution < -0.4 is 5.32 Å². The van der Waals surface area contributed by atoms with Gasteiger partial charge in [-0.15, -0.1) is 0 Å². The molecule has 0 spiro atoms. The number of hydrogen-bond acceptors (Lipinski definition) is 5. The lowest BCUT2D eigenvalue weighted by molar-refractivity contribution is 0.358. The van der Waals surface area contributed by atoms with Crippen LogP contribution in [0.2, 0.25) is 0 Å². The van der Waals surface area contributed by atoms with E-state index in [4.69, 9.17) is 4.42 Å². The molecule has 1 heterocycles. The van der Waals surface area contributed by atoms with Crippen LogP contribution in [0.1, 0.15) is 5.76 Å². The summed E-state index contributed by atoms with van der Waals surface area (Å²) >= 11 is 3.16. The molecule has 0 aliphatic rings. The first-order valence-electron chi connectivity index (χ1n) is 5.83. The van der Waals surface area contributed by atoms with E-state index < -0.39 is 10.0 Å². The Morgan fingerprint density at radius 2 is 1.95 bits per heavy atom. The minimum atomic E-state index is -3.52. The van der Waals surface area contributed by atoms with Gasteiger partial charge in [0.15, 0.2) is 4.67 Å². The van der Waals surface area contributed by atoms with Crippen molar-refractivity contribution in [3.63, 3.8) is 0 Å². The smallest absolute Gasteiger partial charge is 0.247 e. The molecule has 110 valence electrons. The highest BCUT2D eigenvalue weighted by atomic mass is 79.9. The quantitative estimate of drug-likeness (QED) is 0.790. The molecule has 0 aliphatic carbocycles. The van der Waals surface area contributed by atoms with Crippen LogP contribution in [-0.2, 0) is 16.6 Å². The highest BCUT2D eigenvalue weighted by Gasteiger charge is 2.26. The average molecular weight is 354 g/mol. The summed E-state index contributed by atoms with van der Waals surface area (Å²) in [6, 6.07) is 1.54. The summed E-state index contributed by atoms with van der Waals surface area (Å²) in [5.74, 6) is 0.578. The van der Waals surface area contributed by atoms with Gasteiger partial charge in [-0.05, 0) is 37.1 Å². The third-order valence-electron chi connectivity index (χ3n) is 2.61. The molecule has 1 N–H and O–H groups in total. The van der Waals surface area contributed by atoms with Crippen LogP contribution in [-0.4, -0.2) is 58.9 Å². The Morgan fingerprint density at radius 3 is 2.47 bits per heavy atom. The van der Waals surface area contributed by atoms with E-state index in [2.05, 4.69) is 21.2 Å². The minimum Gasteiger partial charge on any atom is -0.452 e. The largest absolute Gasteiger partial charge is 0.452 e. The predicted molar refractivity (Wildman–Crippen MR) is 77.5 cm³/mol. The van der Waals surface area contributed by atoms with Crippen molar-refractivity contribution < 1.29 is 12.8 Å². The maximum absolute atomic E-state index is 12.4. The second-order valence-corrected chi connectivity index (χ2v) is 7.24. The number of nitrogens with zero attached hydrogens (tertiary/aromatic N) is 2. The van der Waals surface area contributed by atoms with Crippen molar-refractivity contribution in [1.82, 2.24) is 14.5 Å². The first-order chi connectivity index (χ1) is 8.78. The Morgan fingerprint density at radius 1 is 1.32 bits per heavy atom. The molecule has 0 fully saturated rings. The molecule has 1 rings (SSSR count). The van der Waals surface area contributed by atoms with Gasteiger partial charge >= 0.3 is 0 Å². The average Bonchev–Trinajstić information content (AvgIpc) is 2.68. The highest BCUT2D eigenvalue weighted by molar-refractivity contribution is 9.10. The molecule has 0 unspecified atom stereocenters. The Kier molecular flexibility index (Phi) is 6.00. The van der Waals surface area contributed by atoms with Crippen LogP contribution in [0, 0.1) is 0 Å². The highest BCUT2D eigenvalue weighted by Crippen LogP contribution is 2.28. The zero-order valence-corrected chi connectivity index (χ0v) is 14.0. The van der Waals surface area contributed by atoms with Crippen LogP contribution >= 0.6 is 15.9 Å². The van der Waals surface area contributed by atoms with Crippen molar-refractivity contribution in [2.75, 3.05) is 41.3 Å². The normalized spacial score (nSPS) is 12.6. The summed E-state index contributed by atoms with van der Waals surface area (Å²) in [6.07, 6.45) is 0. The van der Waals surface area contributed by atoms with Crippen molar-refractivity contribution in [2.45, 2.75) is 11.4 Å². The fourth-order valence-corrected chi connectivity index (χ4v) is 3.58. The summed E-state index contributed by atoms with van der Waals surface area (Å²) in [4.78, 5) is 2.10. The topological polar surface area (TPSA) is 65.8 Å². The molecule has 0 aromatic carbocycles. The number of hydrogen-bond donors (Lipinski definition) is 1. The third-order valence-corrected chi connectivity index (χ3v) is 5.32. The summed E-state index contributed by atoms with van der Waals surface area (Å²) in [6.45, 7) is 1.57. The molecule has 8 heteroatoms. The van der Waals surface area contributed by atoms with Crippen LogP contribution in [0.5, 0.6) is 0 Å². The standard InChI is InChI=1S/C11H20BrN3O3S/c1-13-8-9-7-10(11(12)18-9)19(16,17)15(4)6-5-14(2)3/h7,13H,5-6,8H2,1-4H3. The summed E-state index contributed by atoms with van der Waals surface area (Å²) < 4.78 is 31.7. The van der Waals surface area contributed by atoms with Gasteiger partial charge in [0.1, 0.15) is 10.7 Å². The first-order valence-corrected chi connectivity index (χ1v) is 8.06. The molecule has 19 heavy (non-hydrogen) atoms. The lowest BCUT2D eigenvalue weighted by Gasteiger charge is -2.18. The van der Waals surface area contributed by atoms with Crippen LogP contribution in [0.15, 0.2) is 20.0 Å². The molecular formula is C11H20BrN3O3S. The molecule has 0 radical (unpaired) electrons. The van der Waals surface area contributed by atoms with E-state index in [9.17, 15) is 8.42 Å². The minimum absolute atomic E-state index is 0.166. The molecule has 0 aliphatic heterocycles. The second kappa shape index (κ2) is 6.85. The first kappa shape index (κ1) is 16.6. The molecule has 0 saturated heterocycles.